The summed E-state index contributed by atoms with van der Waals surface area (Å²) in [5.41, 5.74) is 4.81. The van der Waals surface area contributed by atoms with Crippen molar-refractivity contribution in [3.8, 4) is 0 Å². The van der Waals surface area contributed by atoms with Crippen molar-refractivity contribution < 1.29 is 18.4 Å². The van der Waals surface area contributed by atoms with E-state index < -0.39 is 20.5 Å². The second-order valence-electron chi connectivity index (χ2n) is 7.44. The van der Waals surface area contributed by atoms with E-state index in [0.29, 0.717) is 0 Å². The van der Waals surface area contributed by atoms with Crippen LogP contribution in [0.15, 0.2) is 54.7 Å². The van der Waals surface area contributed by atoms with E-state index >= 15 is 0 Å². The Balaban J connectivity index is 1.75. The van der Waals surface area contributed by atoms with E-state index in [1.165, 1.54) is 23.5 Å². The first-order valence-electron chi connectivity index (χ1n) is 9.37. The van der Waals surface area contributed by atoms with Gasteiger partial charge in [-0.3, -0.25) is 14.7 Å². The number of amides is 1. The van der Waals surface area contributed by atoms with Crippen LogP contribution < -0.4 is 5.48 Å². The van der Waals surface area contributed by atoms with Crippen LogP contribution in [0.25, 0.3) is 10.9 Å². The lowest BCUT2D eigenvalue weighted by Crippen LogP contribution is -2.49. The Morgan fingerprint density at radius 3 is 2.48 bits per heavy atom. The van der Waals surface area contributed by atoms with Gasteiger partial charge in [0.05, 0.1) is 11.7 Å². The van der Waals surface area contributed by atoms with Crippen LogP contribution >= 0.6 is 0 Å². The van der Waals surface area contributed by atoms with Crippen LogP contribution in [0.2, 0.25) is 0 Å². The number of benzene rings is 2. The molecule has 1 aromatic heterocycles. The fourth-order valence-electron chi connectivity index (χ4n) is 3.31. The second kappa shape index (κ2) is 8.34. The predicted molar refractivity (Wildman–Crippen MR) is 111 cm³/mol. The molecule has 3 aromatic rings. The third-order valence-electron chi connectivity index (χ3n) is 5.45. The Labute approximate surface area is 170 Å². The predicted octanol–water partition coefficient (Wildman–Crippen LogP) is 2.52. The number of fused-ring (bicyclic) bond motifs is 1. The molecule has 29 heavy (non-hydrogen) atoms. The Hall–Kier alpha value is -2.71. The van der Waals surface area contributed by atoms with Gasteiger partial charge in [0.25, 0.3) is 5.91 Å². The molecule has 0 unspecified atom stereocenters. The van der Waals surface area contributed by atoms with Crippen LogP contribution in [0.5, 0.6) is 0 Å². The molecule has 0 radical (unpaired) electrons. The minimum Gasteiger partial charge on any atom is -0.289 e. The number of hydroxylamine groups is 1. The molecular formula is C21H25N3O4S. The molecule has 154 valence electrons. The highest BCUT2D eigenvalue weighted by atomic mass is 32.2. The topological polar surface area (TPSA) is 101 Å². The molecular weight excluding hydrogens is 390 g/mol. The number of carbonyl (C=O) groups is 1. The van der Waals surface area contributed by atoms with Gasteiger partial charge in [-0.2, -0.15) is 5.10 Å². The Morgan fingerprint density at radius 2 is 1.83 bits per heavy atom. The van der Waals surface area contributed by atoms with Crippen LogP contribution in [0.4, 0.5) is 0 Å². The van der Waals surface area contributed by atoms with Gasteiger partial charge in [-0.1, -0.05) is 36.4 Å². The largest absolute Gasteiger partial charge is 0.289 e. The minimum absolute atomic E-state index is 0.00916. The van der Waals surface area contributed by atoms with Crippen molar-refractivity contribution in [1.29, 1.82) is 0 Å². The average Bonchev–Trinajstić information content (AvgIpc) is 3.12. The smallest absolute Gasteiger partial charge is 0.264 e. The van der Waals surface area contributed by atoms with Crippen LogP contribution in [0, 0.1) is 0 Å². The molecule has 2 aromatic carbocycles. The van der Waals surface area contributed by atoms with Crippen molar-refractivity contribution >= 4 is 26.6 Å². The molecule has 0 bridgehead atoms. The summed E-state index contributed by atoms with van der Waals surface area (Å²) in [6.45, 7) is 1.53. The van der Waals surface area contributed by atoms with Gasteiger partial charge in [-0.15, -0.1) is 0 Å². The summed E-state index contributed by atoms with van der Waals surface area (Å²) in [6, 6.07) is 16.4. The van der Waals surface area contributed by atoms with Crippen molar-refractivity contribution in [2.24, 2.45) is 0 Å². The lowest BCUT2D eigenvalue weighted by molar-refractivity contribution is -0.131. The summed E-state index contributed by atoms with van der Waals surface area (Å²) in [6.07, 6.45) is 4.58. The summed E-state index contributed by atoms with van der Waals surface area (Å²) < 4.78 is 24.2. The molecule has 7 nitrogen and oxygen atoms in total. The van der Waals surface area contributed by atoms with E-state index in [9.17, 15) is 13.2 Å². The number of rotatable bonds is 8. The quantitative estimate of drug-likeness (QED) is 0.435. The Bertz CT molecular complexity index is 1110. The first-order valence-corrected chi connectivity index (χ1v) is 11.3. The molecule has 0 spiro atoms. The van der Waals surface area contributed by atoms with Crippen LogP contribution in [0.3, 0.4) is 0 Å². The zero-order chi connectivity index (χ0) is 21.1. The maximum atomic E-state index is 12.1. The lowest BCUT2D eigenvalue weighted by Gasteiger charge is -2.25. The van der Waals surface area contributed by atoms with Crippen LogP contribution in [-0.2, 0) is 34.0 Å². The number of aryl methyl sites for hydroxylation is 3. The lowest BCUT2D eigenvalue weighted by atomic mass is 10.0. The van der Waals surface area contributed by atoms with Gasteiger partial charge in [0.15, 0.2) is 14.6 Å². The molecule has 0 saturated carbocycles. The zero-order valence-corrected chi connectivity index (χ0v) is 17.3. The normalized spacial score (nSPS) is 13.9. The van der Waals surface area contributed by atoms with Gasteiger partial charge in [0, 0.05) is 18.2 Å². The molecule has 3 rings (SSSR count). The second-order valence-corrected chi connectivity index (χ2v) is 9.89. The first-order chi connectivity index (χ1) is 13.7. The molecule has 0 aliphatic heterocycles. The van der Waals surface area contributed by atoms with E-state index in [2.05, 4.69) is 23.3 Å². The molecule has 0 aliphatic rings. The van der Waals surface area contributed by atoms with Crippen molar-refractivity contribution in [3.05, 3.63) is 65.9 Å². The third kappa shape index (κ3) is 4.49. The maximum Gasteiger partial charge on any atom is 0.264 e. The molecule has 8 heteroatoms. The van der Waals surface area contributed by atoms with E-state index in [1.807, 2.05) is 30.3 Å². The number of hydrogen-bond donors (Lipinski definition) is 2. The van der Waals surface area contributed by atoms with Gasteiger partial charge < -0.3 is 0 Å². The van der Waals surface area contributed by atoms with Crippen LogP contribution in [0.1, 0.15) is 24.5 Å². The number of nitrogens with zero attached hydrogens (tertiary/aromatic N) is 2. The molecule has 0 fully saturated rings. The number of carbonyl (C=O) groups excluding carboxylic acids is 1. The summed E-state index contributed by atoms with van der Waals surface area (Å²) in [5, 5.41) is 14.3. The van der Waals surface area contributed by atoms with E-state index in [1.54, 1.807) is 10.9 Å². The highest BCUT2D eigenvalue weighted by Gasteiger charge is 2.43. The highest BCUT2D eigenvalue weighted by Crippen LogP contribution is 2.24. The highest BCUT2D eigenvalue weighted by molar-refractivity contribution is 7.92. The van der Waals surface area contributed by atoms with E-state index in [0.717, 1.165) is 30.0 Å². The monoisotopic (exact) mass is 415 g/mol. The fraction of sp³-hybridized carbons (Fsp3) is 0.333. The maximum absolute atomic E-state index is 12.1. The minimum atomic E-state index is -3.74. The molecule has 2 N–H and O–H groups in total. The summed E-state index contributed by atoms with van der Waals surface area (Å²) in [4.78, 5) is 12.0. The molecule has 1 heterocycles. The van der Waals surface area contributed by atoms with E-state index in [4.69, 9.17) is 5.21 Å². The standard InChI is InChI=1S/C21H25N3O4S/c1-21(20(25)23-26,29(2,27)28)12-13-24-19-11-10-17(14-18(19)15-22-24)9-8-16-6-4-3-5-7-16/h3-7,10-11,14-15,26H,8-9,12-13H2,1-2H3,(H,23,25)/t21-/m0/s1. The Morgan fingerprint density at radius 1 is 1.14 bits per heavy atom. The fourth-order valence-corrected chi connectivity index (χ4v) is 4.15. The van der Waals surface area contributed by atoms with Gasteiger partial charge in [0.1, 0.15) is 0 Å². The van der Waals surface area contributed by atoms with Crippen molar-refractivity contribution in [2.45, 2.75) is 37.5 Å². The number of sulfone groups is 1. The van der Waals surface area contributed by atoms with Crippen molar-refractivity contribution in [2.75, 3.05) is 6.26 Å². The molecule has 0 aliphatic carbocycles. The summed E-state index contributed by atoms with van der Waals surface area (Å²) >= 11 is 0. The summed E-state index contributed by atoms with van der Waals surface area (Å²) in [5.74, 6) is -0.945. The van der Waals surface area contributed by atoms with Gasteiger partial charge in [0.2, 0.25) is 0 Å². The third-order valence-corrected chi connectivity index (χ3v) is 7.48. The number of aromatic nitrogens is 2. The zero-order valence-electron chi connectivity index (χ0n) is 16.5. The summed E-state index contributed by atoms with van der Waals surface area (Å²) in [7, 11) is -3.74. The SMILES string of the molecule is C[C@](CCn1ncc2cc(CCc3ccccc3)ccc21)(C(=O)NO)S(C)(=O)=O. The van der Waals surface area contributed by atoms with E-state index in [-0.39, 0.29) is 13.0 Å². The van der Waals surface area contributed by atoms with Crippen molar-refractivity contribution in [3.63, 3.8) is 0 Å². The molecule has 1 amide bonds. The Kier molecular flexibility index (Phi) is 6.04. The number of hydrogen-bond acceptors (Lipinski definition) is 5. The van der Waals surface area contributed by atoms with Crippen molar-refractivity contribution in [1.82, 2.24) is 15.3 Å². The van der Waals surface area contributed by atoms with Crippen LogP contribution in [-0.4, -0.2) is 40.3 Å². The van der Waals surface area contributed by atoms with Gasteiger partial charge in [-0.25, -0.2) is 13.9 Å². The first kappa shape index (κ1) is 21.0. The van der Waals surface area contributed by atoms with Gasteiger partial charge in [-0.05, 0) is 49.4 Å². The molecule has 0 saturated heterocycles. The molecule has 1 atom stereocenters. The number of nitrogens with one attached hydrogen (secondary N) is 1. The van der Waals surface area contributed by atoms with Gasteiger partial charge >= 0.3 is 0 Å². The average molecular weight is 416 g/mol.